The number of amides is 1. The SMILES string of the molecule is CCC(C)N1C(=O)C(=Cc2c(C)c(C#N)c(=O)n(CC)c2N2CCN(c3ccccc3F)CC2)SC1=S. The first-order valence-electron chi connectivity index (χ1n) is 12.4. The van der Waals surface area contributed by atoms with Gasteiger partial charge in [0, 0.05) is 44.3 Å². The molecule has 0 aliphatic carbocycles. The van der Waals surface area contributed by atoms with Crippen LogP contribution in [0.15, 0.2) is 34.0 Å². The van der Waals surface area contributed by atoms with Gasteiger partial charge in [-0.15, -0.1) is 0 Å². The largest absolute Gasteiger partial charge is 0.366 e. The van der Waals surface area contributed by atoms with E-state index in [-0.39, 0.29) is 28.9 Å². The number of para-hydroxylation sites is 1. The highest BCUT2D eigenvalue weighted by atomic mass is 32.2. The molecule has 2 aliphatic rings. The number of hydrogen-bond donors (Lipinski definition) is 0. The van der Waals surface area contributed by atoms with Crippen molar-refractivity contribution in [1.29, 1.82) is 5.26 Å². The van der Waals surface area contributed by atoms with Crippen molar-refractivity contribution in [2.24, 2.45) is 0 Å². The molecule has 3 heterocycles. The lowest BCUT2D eigenvalue weighted by Crippen LogP contribution is -2.49. The summed E-state index contributed by atoms with van der Waals surface area (Å²) >= 11 is 6.75. The smallest absolute Gasteiger partial charge is 0.270 e. The van der Waals surface area contributed by atoms with Crippen LogP contribution in [0.1, 0.15) is 43.9 Å². The molecule has 2 saturated heterocycles. The molecule has 2 aromatic rings. The third kappa shape index (κ3) is 4.90. The highest BCUT2D eigenvalue weighted by molar-refractivity contribution is 8.26. The van der Waals surface area contributed by atoms with Crippen LogP contribution in [0.5, 0.6) is 0 Å². The molecule has 2 aliphatic heterocycles. The van der Waals surface area contributed by atoms with Crippen molar-refractivity contribution in [3.8, 4) is 6.07 Å². The highest BCUT2D eigenvalue weighted by Gasteiger charge is 2.36. The Bertz CT molecular complexity index is 1370. The summed E-state index contributed by atoms with van der Waals surface area (Å²) in [5, 5.41) is 9.79. The van der Waals surface area contributed by atoms with Crippen LogP contribution in [-0.2, 0) is 11.3 Å². The fourth-order valence-electron chi connectivity index (χ4n) is 4.82. The van der Waals surface area contributed by atoms with Crippen LogP contribution in [0, 0.1) is 24.1 Å². The van der Waals surface area contributed by atoms with Gasteiger partial charge in [0.25, 0.3) is 11.5 Å². The van der Waals surface area contributed by atoms with Crippen molar-refractivity contribution in [3.63, 3.8) is 0 Å². The number of aromatic nitrogens is 1. The van der Waals surface area contributed by atoms with E-state index in [1.54, 1.807) is 34.6 Å². The first kappa shape index (κ1) is 26.9. The number of thioether (sulfide) groups is 1. The number of pyridine rings is 1. The molecule has 1 unspecified atom stereocenters. The van der Waals surface area contributed by atoms with Crippen LogP contribution >= 0.6 is 24.0 Å². The van der Waals surface area contributed by atoms with Gasteiger partial charge in [0.1, 0.15) is 27.6 Å². The van der Waals surface area contributed by atoms with E-state index >= 15 is 0 Å². The van der Waals surface area contributed by atoms with Gasteiger partial charge in [0.15, 0.2) is 0 Å². The van der Waals surface area contributed by atoms with Gasteiger partial charge in [0.2, 0.25) is 0 Å². The standard InChI is InChI=1S/C27H30FN5O2S2/c1-5-17(3)33-26(35)23(37-27(33)36)15-19-18(4)20(16-29)25(34)32(6-2)24(19)31-13-11-30(12-14-31)22-10-8-7-9-21(22)28/h7-10,15,17H,5-6,11-14H2,1-4H3. The summed E-state index contributed by atoms with van der Waals surface area (Å²) in [6, 6.07) is 8.75. The predicted octanol–water partition coefficient (Wildman–Crippen LogP) is 4.51. The van der Waals surface area contributed by atoms with Crippen LogP contribution in [0.25, 0.3) is 6.08 Å². The van der Waals surface area contributed by atoms with Gasteiger partial charge < -0.3 is 9.80 Å². The van der Waals surface area contributed by atoms with Gasteiger partial charge in [-0.25, -0.2) is 4.39 Å². The van der Waals surface area contributed by atoms with Crippen molar-refractivity contribution >= 4 is 51.8 Å². The van der Waals surface area contributed by atoms with Crippen molar-refractivity contribution < 1.29 is 9.18 Å². The maximum absolute atomic E-state index is 14.4. The zero-order valence-corrected chi connectivity index (χ0v) is 23.1. The Kier molecular flexibility index (Phi) is 8.05. The topological polar surface area (TPSA) is 72.6 Å². The fraction of sp³-hybridized carbons (Fsp3) is 0.407. The minimum absolute atomic E-state index is 0.0234. The Hall–Kier alpha value is -3.16. The average Bonchev–Trinajstić information content (AvgIpc) is 3.18. The lowest BCUT2D eigenvalue weighted by molar-refractivity contribution is -0.123. The summed E-state index contributed by atoms with van der Waals surface area (Å²) in [5.41, 5.74) is 1.48. The summed E-state index contributed by atoms with van der Waals surface area (Å²) in [6.45, 7) is 10.2. The summed E-state index contributed by atoms with van der Waals surface area (Å²) in [5.74, 6) is 0.248. The molecule has 10 heteroatoms. The number of hydrogen-bond acceptors (Lipinski definition) is 7. The molecule has 1 aromatic carbocycles. The Balaban J connectivity index is 1.78. The molecular weight excluding hydrogens is 509 g/mol. The van der Waals surface area contributed by atoms with E-state index in [0.717, 1.165) is 6.42 Å². The lowest BCUT2D eigenvalue weighted by atomic mass is 10.0. The molecule has 7 nitrogen and oxygen atoms in total. The average molecular weight is 540 g/mol. The monoisotopic (exact) mass is 539 g/mol. The first-order valence-corrected chi connectivity index (χ1v) is 13.6. The van der Waals surface area contributed by atoms with Crippen LogP contribution in [0.4, 0.5) is 15.9 Å². The first-order chi connectivity index (χ1) is 17.7. The molecule has 4 rings (SSSR count). The van der Waals surface area contributed by atoms with E-state index in [2.05, 4.69) is 11.0 Å². The maximum atomic E-state index is 14.4. The van der Waals surface area contributed by atoms with Gasteiger partial charge in [-0.2, -0.15) is 5.26 Å². The van der Waals surface area contributed by atoms with Crippen LogP contribution in [0.2, 0.25) is 0 Å². The number of rotatable bonds is 6. The molecule has 0 spiro atoms. The number of benzene rings is 1. The minimum atomic E-state index is -0.349. The zero-order chi connectivity index (χ0) is 26.9. The number of carbonyl (C=O) groups excluding carboxylic acids is 1. The fourth-order valence-corrected chi connectivity index (χ4v) is 6.26. The van der Waals surface area contributed by atoms with E-state index in [1.807, 2.05) is 31.7 Å². The van der Waals surface area contributed by atoms with Gasteiger partial charge in [-0.3, -0.25) is 19.1 Å². The van der Waals surface area contributed by atoms with E-state index in [4.69, 9.17) is 12.2 Å². The van der Waals surface area contributed by atoms with Crippen molar-refractivity contribution in [1.82, 2.24) is 9.47 Å². The molecule has 2 fully saturated rings. The number of piperazine rings is 1. The van der Waals surface area contributed by atoms with E-state index < -0.39 is 0 Å². The molecule has 0 saturated carbocycles. The number of thiocarbonyl (C=S) groups is 1. The third-order valence-corrected chi connectivity index (χ3v) is 8.40. The van der Waals surface area contributed by atoms with Crippen molar-refractivity contribution in [2.45, 2.75) is 46.7 Å². The Morgan fingerprint density at radius 2 is 1.81 bits per heavy atom. The second-order valence-corrected chi connectivity index (χ2v) is 10.8. The molecule has 1 atom stereocenters. The van der Waals surface area contributed by atoms with Crippen molar-refractivity contribution in [3.05, 3.63) is 62.0 Å². The number of anilines is 2. The molecular formula is C27H30FN5O2S2. The third-order valence-electron chi connectivity index (χ3n) is 7.07. The Labute approximate surface area is 226 Å². The molecule has 0 radical (unpaired) electrons. The van der Waals surface area contributed by atoms with Crippen LogP contribution in [-0.4, -0.2) is 51.9 Å². The number of halogens is 1. The second-order valence-electron chi connectivity index (χ2n) is 9.13. The summed E-state index contributed by atoms with van der Waals surface area (Å²) in [4.78, 5) is 32.8. The predicted molar refractivity (Wildman–Crippen MR) is 151 cm³/mol. The normalized spacial score (nSPS) is 18.1. The van der Waals surface area contributed by atoms with Crippen LogP contribution < -0.4 is 15.4 Å². The van der Waals surface area contributed by atoms with Crippen LogP contribution in [0.3, 0.4) is 0 Å². The van der Waals surface area contributed by atoms with E-state index in [1.165, 1.54) is 17.8 Å². The second kappa shape index (κ2) is 11.1. The Morgan fingerprint density at radius 3 is 2.41 bits per heavy atom. The van der Waals surface area contributed by atoms with E-state index in [9.17, 15) is 19.2 Å². The molecule has 37 heavy (non-hydrogen) atoms. The van der Waals surface area contributed by atoms with E-state index in [0.29, 0.717) is 64.6 Å². The van der Waals surface area contributed by atoms with Gasteiger partial charge >= 0.3 is 0 Å². The number of carbonyl (C=O) groups is 1. The van der Waals surface area contributed by atoms with Gasteiger partial charge in [0.05, 0.1) is 10.6 Å². The maximum Gasteiger partial charge on any atom is 0.270 e. The zero-order valence-electron chi connectivity index (χ0n) is 21.5. The highest BCUT2D eigenvalue weighted by Crippen LogP contribution is 2.37. The lowest BCUT2D eigenvalue weighted by Gasteiger charge is -2.39. The minimum Gasteiger partial charge on any atom is -0.366 e. The molecule has 0 bridgehead atoms. The Morgan fingerprint density at radius 1 is 1.16 bits per heavy atom. The molecule has 1 aromatic heterocycles. The van der Waals surface area contributed by atoms with Crippen molar-refractivity contribution in [2.75, 3.05) is 36.0 Å². The van der Waals surface area contributed by atoms with Gasteiger partial charge in [-0.1, -0.05) is 43.0 Å². The quantitative estimate of drug-likeness (QED) is 0.395. The summed E-state index contributed by atoms with van der Waals surface area (Å²) in [6.07, 6.45) is 2.55. The van der Waals surface area contributed by atoms with Gasteiger partial charge in [-0.05, 0) is 51.0 Å². The number of nitrogens with zero attached hydrogens (tertiary/aromatic N) is 5. The summed E-state index contributed by atoms with van der Waals surface area (Å²) < 4.78 is 16.5. The molecule has 1 amide bonds. The molecule has 194 valence electrons. The number of nitriles is 1. The molecule has 0 N–H and O–H groups in total. The summed E-state index contributed by atoms with van der Waals surface area (Å²) in [7, 11) is 0.